The van der Waals surface area contributed by atoms with Crippen molar-refractivity contribution in [1.29, 1.82) is 0 Å². The molecule has 1 nitrogen and oxygen atoms in total. The predicted molar refractivity (Wildman–Crippen MR) is 59.4 cm³/mol. The van der Waals surface area contributed by atoms with Gasteiger partial charge in [0.15, 0.2) is 0 Å². The Labute approximate surface area is 87.2 Å². The molecule has 0 saturated heterocycles. The Kier molecular flexibility index (Phi) is 5.81. The van der Waals surface area contributed by atoms with E-state index < -0.39 is 0 Å². The highest BCUT2D eigenvalue weighted by atomic mass is 35.5. The summed E-state index contributed by atoms with van der Waals surface area (Å²) in [6, 6.07) is 0.771. The molecule has 1 atom stereocenters. The van der Waals surface area contributed by atoms with Gasteiger partial charge in [0.1, 0.15) is 0 Å². The molecule has 0 aliphatic heterocycles. The molecule has 1 fully saturated rings. The summed E-state index contributed by atoms with van der Waals surface area (Å²) in [6.45, 7) is 3.30. The van der Waals surface area contributed by atoms with Crippen molar-refractivity contribution in [1.82, 2.24) is 5.32 Å². The second-order valence-corrected chi connectivity index (χ2v) is 4.66. The molecule has 1 aliphatic carbocycles. The third-order valence-electron chi connectivity index (χ3n) is 2.87. The van der Waals surface area contributed by atoms with Gasteiger partial charge in [0, 0.05) is 11.9 Å². The topological polar surface area (TPSA) is 12.0 Å². The van der Waals surface area contributed by atoms with E-state index in [1.165, 1.54) is 38.5 Å². The number of alkyl halides is 1. The average molecular weight is 204 g/mol. The Balaban J connectivity index is 2.11. The fourth-order valence-electron chi connectivity index (χ4n) is 1.91. The van der Waals surface area contributed by atoms with Crippen LogP contribution in [0, 0.1) is 5.92 Å². The minimum absolute atomic E-state index is 0.616. The summed E-state index contributed by atoms with van der Waals surface area (Å²) in [5, 5.41) is 3.63. The van der Waals surface area contributed by atoms with Crippen LogP contribution < -0.4 is 5.32 Å². The SMILES string of the molecule is CC(CCl)CNC1CCCCCC1. The van der Waals surface area contributed by atoms with Crippen molar-refractivity contribution in [2.45, 2.75) is 51.5 Å². The lowest BCUT2D eigenvalue weighted by atomic mass is 10.1. The van der Waals surface area contributed by atoms with E-state index >= 15 is 0 Å². The van der Waals surface area contributed by atoms with Crippen LogP contribution in [0.3, 0.4) is 0 Å². The van der Waals surface area contributed by atoms with Crippen LogP contribution >= 0.6 is 11.6 Å². The van der Waals surface area contributed by atoms with Crippen LogP contribution in [-0.2, 0) is 0 Å². The quantitative estimate of drug-likeness (QED) is 0.547. The van der Waals surface area contributed by atoms with Crippen molar-refractivity contribution in [2.75, 3.05) is 12.4 Å². The van der Waals surface area contributed by atoms with Crippen LogP contribution in [0.15, 0.2) is 0 Å². The van der Waals surface area contributed by atoms with Gasteiger partial charge in [-0.1, -0.05) is 32.6 Å². The van der Waals surface area contributed by atoms with Gasteiger partial charge in [-0.05, 0) is 25.3 Å². The highest BCUT2D eigenvalue weighted by Crippen LogP contribution is 2.17. The molecule has 1 N–H and O–H groups in total. The van der Waals surface area contributed by atoms with E-state index in [1.54, 1.807) is 0 Å². The highest BCUT2D eigenvalue weighted by Gasteiger charge is 2.11. The van der Waals surface area contributed by atoms with Crippen LogP contribution in [0.1, 0.15) is 45.4 Å². The molecule has 1 rings (SSSR count). The number of rotatable bonds is 4. The molecule has 0 aromatic rings. The predicted octanol–water partition coefficient (Wildman–Crippen LogP) is 3.17. The van der Waals surface area contributed by atoms with Crippen molar-refractivity contribution < 1.29 is 0 Å². The van der Waals surface area contributed by atoms with Gasteiger partial charge in [-0.15, -0.1) is 11.6 Å². The summed E-state index contributed by atoms with van der Waals surface area (Å²) in [7, 11) is 0. The zero-order valence-electron chi connectivity index (χ0n) is 8.69. The van der Waals surface area contributed by atoms with Crippen molar-refractivity contribution in [3.8, 4) is 0 Å². The molecule has 0 bridgehead atoms. The van der Waals surface area contributed by atoms with E-state index in [9.17, 15) is 0 Å². The van der Waals surface area contributed by atoms with E-state index in [4.69, 9.17) is 11.6 Å². The third-order valence-corrected chi connectivity index (χ3v) is 3.40. The molecule has 0 aromatic heterocycles. The second kappa shape index (κ2) is 6.67. The van der Waals surface area contributed by atoms with Gasteiger partial charge in [0.25, 0.3) is 0 Å². The van der Waals surface area contributed by atoms with E-state index in [1.807, 2.05) is 0 Å². The van der Waals surface area contributed by atoms with Gasteiger partial charge in [0.2, 0.25) is 0 Å². The summed E-state index contributed by atoms with van der Waals surface area (Å²) in [5.41, 5.74) is 0. The highest BCUT2D eigenvalue weighted by molar-refractivity contribution is 6.18. The van der Waals surface area contributed by atoms with Crippen molar-refractivity contribution in [3.63, 3.8) is 0 Å². The van der Waals surface area contributed by atoms with Crippen molar-refractivity contribution in [2.24, 2.45) is 5.92 Å². The van der Waals surface area contributed by atoms with Gasteiger partial charge in [-0.25, -0.2) is 0 Å². The smallest absolute Gasteiger partial charge is 0.0261 e. The molecule has 2 heteroatoms. The van der Waals surface area contributed by atoms with Crippen LogP contribution in [0.2, 0.25) is 0 Å². The first-order valence-electron chi connectivity index (χ1n) is 5.62. The third kappa shape index (κ3) is 4.87. The van der Waals surface area contributed by atoms with Crippen molar-refractivity contribution in [3.05, 3.63) is 0 Å². The Morgan fingerprint density at radius 2 is 1.85 bits per heavy atom. The van der Waals surface area contributed by atoms with Gasteiger partial charge in [-0.2, -0.15) is 0 Å². The Morgan fingerprint density at radius 3 is 2.38 bits per heavy atom. The molecular weight excluding hydrogens is 182 g/mol. The van der Waals surface area contributed by atoms with E-state index in [0.29, 0.717) is 5.92 Å². The lowest BCUT2D eigenvalue weighted by Gasteiger charge is -2.18. The molecule has 0 heterocycles. The number of halogens is 1. The molecule has 1 aliphatic rings. The first-order valence-corrected chi connectivity index (χ1v) is 6.15. The standard InChI is InChI=1S/C11H22ClN/c1-10(8-12)9-13-11-6-4-2-3-5-7-11/h10-11,13H,2-9H2,1H3. The van der Waals surface area contributed by atoms with Gasteiger partial charge in [0.05, 0.1) is 0 Å². The van der Waals surface area contributed by atoms with E-state index in [2.05, 4.69) is 12.2 Å². The summed E-state index contributed by atoms with van der Waals surface area (Å²) in [4.78, 5) is 0. The normalized spacial score (nSPS) is 22.6. The summed E-state index contributed by atoms with van der Waals surface area (Å²) in [6.07, 6.45) is 8.43. The Hall–Kier alpha value is 0.250. The van der Waals surface area contributed by atoms with Gasteiger partial charge in [-0.3, -0.25) is 0 Å². The van der Waals surface area contributed by atoms with E-state index in [-0.39, 0.29) is 0 Å². The molecule has 0 amide bonds. The maximum absolute atomic E-state index is 5.76. The summed E-state index contributed by atoms with van der Waals surface area (Å²) >= 11 is 5.76. The summed E-state index contributed by atoms with van der Waals surface area (Å²) in [5.74, 6) is 1.39. The maximum atomic E-state index is 5.76. The van der Waals surface area contributed by atoms with Crippen LogP contribution in [0.25, 0.3) is 0 Å². The van der Waals surface area contributed by atoms with Crippen LogP contribution in [-0.4, -0.2) is 18.5 Å². The Morgan fingerprint density at radius 1 is 1.23 bits per heavy atom. The zero-order chi connectivity index (χ0) is 9.52. The number of hydrogen-bond acceptors (Lipinski definition) is 1. The molecule has 1 unspecified atom stereocenters. The minimum atomic E-state index is 0.616. The van der Waals surface area contributed by atoms with Gasteiger partial charge >= 0.3 is 0 Å². The lowest BCUT2D eigenvalue weighted by Crippen LogP contribution is -2.32. The molecule has 0 radical (unpaired) electrons. The van der Waals surface area contributed by atoms with E-state index in [0.717, 1.165) is 18.5 Å². The first kappa shape index (κ1) is 11.3. The molecule has 0 spiro atoms. The number of nitrogens with one attached hydrogen (secondary N) is 1. The van der Waals surface area contributed by atoms with Crippen molar-refractivity contribution >= 4 is 11.6 Å². The maximum Gasteiger partial charge on any atom is 0.0261 e. The minimum Gasteiger partial charge on any atom is -0.314 e. The lowest BCUT2D eigenvalue weighted by molar-refractivity contribution is 0.427. The largest absolute Gasteiger partial charge is 0.314 e. The molecule has 0 aromatic carbocycles. The van der Waals surface area contributed by atoms with Gasteiger partial charge < -0.3 is 5.32 Å². The Bertz CT molecular complexity index is 119. The first-order chi connectivity index (χ1) is 6.33. The fourth-order valence-corrected chi connectivity index (χ4v) is 2.02. The molecular formula is C11H22ClN. The average Bonchev–Trinajstić information content (AvgIpc) is 2.42. The van der Waals surface area contributed by atoms with Crippen LogP contribution in [0.4, 0.5) is 0 Å². The fraction of sp³-hybridized carbons (Fsp3) is 1.00. The molecule has 78 valence electrons. The molecule has 1 saturated carbocycles. The zero-order valence-corrected chi connectivity index (χ0v) is 9.45. The summed E-state index contributed by atoms with van der Waals surface area (Å²) < 4.78 is 0. The monoisotopic (exact) mass is 203 g/mol. The number of hydrogen-bond donors (Lipinski definition) is 1. The second-order valence-electron chi connectivity index (χ2n) is 4.36. The van der Waals surface area contributed by atoms with Crippen LogP contribution in [0.5, 0.6) is 0 Å². The molecule has 13 heavy (non-hydrogen) atoms.